The van der Waals surface area contributed by atoms with Crippen LogP contribution in [0.5, 0.6) is 0 Å². The average molecular weight is 303 g/mol. The second-order valence-corrected chi connectivity index (χ2v) is 5.72. The SMILES string of the molecule is CCN(CC)C(=O)[C@@]1(c2ccccc2)C[C@H]1CNC(=O)CN. The number of carbonyl (C=O) groups is 2. The molecule has 0 heterocycles. The molecule has 2 rings (SSSR count). The van der Waals surface area contributed by atoms with Gasteiger partial charge in [0.2, 0.25) is 11.8 Å². The highest BCUT2D eigenvalue weighted by molar-refractivity contribution is 5.92. The van der Waals surface area contributed by atoms with Crippen molar-refractivity contribution in [1.82, 2.24) is 10.2 Å². The van der Waals surface area contributed by atoms with Gasteiger partial charge < -0.3 is 16.0 Å². The van der Waals surface area contributed by atoms with Crippen LogP contribution in [-0.2, 0) is 15.0 Å². The molecule has 1 fully saturated rings. The van der Waals surface area contributed by atoms with Gasteiger partial charge in [-0.3, -0.25) is 9.59 Å². The van der Waals surface area contributed by atoms with E-state index in [1.807, 2.05) is 49.1 Å². The van der Waals surface area contributed by atoms with E-state index in [2.05, 4.69) is 5.32 Å². The van der Waals surface area contributed by atoms with Crippen LogP contribution in [0.3, 0.4) is 0 Å². The van der Waals surface area contributed by atoms with Crippen molar-refractivity contribution >= 4 is 11.8 Å². The zero-order valence-corrected chi connectivity index (χ0v) is 13.3. The summed E-state index contributed by atoms with van der Waals surface area (Å²) >= 11 is 0. The van der Waals surface area contributed by atoms with Crippen LogP contribution in [0.4, 0.5) is 0 Å². The summed E-state index contributed by atoms with van der Waals surface area (Å²) in [5.41, 5.74) is 5.87. The number of nitrogens with two attached hydrogens (primary N) is 1. The van der Waals surface area contributed by atoms with Crippen molar-refractivity contribution in [3.05, 3.63) is 35.9 Å². The van der Waals surface area contributed by atoms with Crippen molar-refractivity contribution in [3.63, 3.8) is 0 Å². The van der Waals surface area contributed by atoms with E-state index < -0.39 is 5.41 Å². The van der Waals surface area contributed by atoms with Crippen molar-refractivity contribution in [2.75, 3.05) is 26.2 Å². The van der Waals surface area contributed by atoms with Crippen LogP contribution in [0.1, 0.15) is 25.8 Å². The molecule has 5 heteroatoms. The van der Waals surface area contributed by atoms with Gasteiger partial charge >= 0.3 is 0 Å². The van der Waals surface area contributed by atoms with E-state index >= 15 is 0 Å². The molecule has 0 radical (unpaired) electrons. The van der Waals surface area contributed by atoms with Crippen molar-refractivity contribution in [2.24, 2.45) is 11.7 Å². The van der Waals surface area contributed by atoms with E-state index in [1.165, 1.54) is 0 Å². The number of likely N-dealkylation sites (N-methyl/N-ethyl adjacent to an activating group) is 1. The number of rotatable bonds is 7. The zero-order chi connectivity index (χ0) is 16.2. The maximum Gasteiger partial charge on any atom is 0.233 e. The van der Waals surface area contributed by atoms with Gasteiger partial charge in [0.1, 0.15) is 0 Å². The third kappa shape index (κ3) is 2.99. The second-order valence-electron chi connectivity index (χ2n) is 5.72. The van der Waals surface area contributed by atoms with Gasteiger partial charge in [0, 0.05) is 19.6 Å². The third-order valence-electron chi connectivity index (χ3n) is 4.56. The molecule has 1 aliphatic carbocycles. The van der Waals surface area contributed by atoms with Crippen LogP contribution < -0.4 is 11.1 Å². The number of hydrogen-bond acceptors (Lipinski definition) is 3. The minimum atomic E-state index is -0.491. The molecule has 1 saturated carbocycles. The first-order valence-corrected chi connectivity index (χ1v) is 7.91. The van der Waals surface area contributed by atoms with Crippen LogP contribution in [0.2, 0.25) is 0 Å². The molecular weight excluding hydrogens is 278 g/mol. The highest BCUT2D eigenvalue weighted by atomic mass is 16.2. The van der Waals surface area contributed by atoms with Crippen molar-refractivity contribution in [2.45, 2.75) is 25.7 Å². The quantitative estimate of drug-likeness (QED) is 0.785. The molecule has 1 aromatic carbocycles. The van der Waals surface area contributed by atoms with Crippen molar-refractivity contribution < 1.29 is 9.59 Å². The summed E-state index contributed by atoms with van der Waals surface area (Å²) in [7, 11) is 0. The predicted octanol–water partition coefficient (Wildman–Crippen LogP) is 0.888. The number of benzene rings is 1. The first kappa shape index (κ1) is 16.5. The van der Waals surface area contributed by atoms with E-state index in [9.17, 15) is 9.59 Å². The Kier molecular flexibility index (Phi) is 5.19. The lowest BCUT2D eigenvalue weighted by atomic mass is 9.91. The number of hydrogen-bond donors (Lipinski definition) is 2. The Morgan fingerprint density at radius 2 is 1.91 bits per heavy atom. The highest BCUT2D eigenvalue weighted by Gasteiger charge is 2.61. The lowest BCUT2D eigenvalue weighted by Crippen LogP contribution is -2.42. The number of nitrogens with one attached hydrogen (secondary N) is 1. The van der Waals surface area contributed by atoms with E-state index in [0.717, 1.165) is 12.0 Å². The van der Waals surface area contributed by atoms with E-state index in [-0.39, 0.29) is 24.3 Å². The van der Waals surface area contributed by atoms with Gasteiger partial charge in [0.05, 0.1) is 12.0 Å². The van der Waals surface area contributed by atoms with Crippen LogP contribution >= 0.6 is 0 Å². The Morgan fingerprint density at radius 1 is 1.27 bits per heavy atom. The molecule has 2 atom stereocenters. The molecule has 3 N–H and O–H groups in total. The highest BCUT2D eigenvalue weighted by Crippen LogP contribution is 2.55. The van der Waals surface area contributed by atoms with Crippen molar-refractivity contribution in [3.8, 4) is 0 Å². The van der Waals surface area contributed by atoms with Crippen LogP contribution in [-0.4, -0.2) is 42.9 Å². The average Bonchev–Trinajstić information content (AvgIpc) is 3.30. The summed E-state index contributed by atoms with van der Waals surface area (Å²) in [4.78, 5) is 26.3. The largest absolute Gasteiger partial charge is 0.355 e. The van der Waals surface area contributed by atoms with Crippen molar-refractivity contribution in [1.29, 1.82) is 0 Å². The molecule has 0 aliphatic heterocycles. The summed E-state index contributed by atoms with van der Waals surface area (Å²) in [6.45, 7) is 5.87. The van der Waals surface area contributed by atoms with Crippen LogP contribution in [0, 0.1) is 5.92 Å². The van der Waals surface area contributed by atoms with Gasteiger partial charge in [-0.1, -0.05) is 30.3 Å². The minimum absolute atomic E-state index is 0.0188. The van der Waals surface area contributed by atoms with Crippen LogP contribution in [0.15, 0.2) is 30.3 Å². The van der Waals surface area contributed by atoms with Gasteiger partial charge in [-0.05, 0) is 31.7 Å². The van der Waals surface area contributed by atoms with Crippen LogP contribution in [0.25, 0.3) is 0 Å². The fraction of sp³-hybridized carbons (Fsp3) is 0.529. The van der Waals surface area contributed by atoms with E-state index in [0.29, 0.717) is 19.6 Å². The Labute approximate surface area is 131 Å². The van der Waals surface area contributed by atoms with E-state index in [1.54, 1.807) is 0 Å². The summed E-state index contributed by atoms with van der Waals surface area (Å²) < 4.78 is 0. The summed E-state index contributed by atoms with van der Waals surface area (Å²) in [6, 6.07) is 9.88. The summed E-state index contributed by atoms with van der Waals surface area (Å²) in [5.74, 6) is 0.123. The Morgan fingerprint density at radius 3 is 2.45 bits per heavy atom. The number of amides is 2. The molecule has 0 saturated heterocycles. The summed E-state index contributed by atoms with van der Waals surface area (Å²) in [6.07, 6.45) is 0.775. The summed E-state index contributed by atoms with van der Waals surface area (Å²) in [5, 5.41) is 2.81. The molecule has 2 amide bonds. The van der Waals surface area contributed by atoms with Gasteiger partial charge in [-0.25, -0.2) is 0 Å². The Bertz CT molecular complexity index is 528. The van der Waals surface area contributed by atoms with Gasteiger partial charge in [-0.15, -0.1) is 0 Å². The zero-order valence-electron chi connectivity index (χ0n) is 13.3. The maximum absolute atomic E-state index is 13.0. The fourth-order valence-electron chi connectivity index (χ4n) is 3.15. The first-order valence-electron chi connectivity index (χ1n) is 7.91. The minimum Gasteiger partial charge on any atom is -0.355 e. The lowest BCUT2D eigenvalue weighted by Gasteiger charge is -2.26. The van der Waals surface area contributed by atoms with Gasteiger partial charge in [-0.2, -0.15) is 0 Å². The smallest absolute Gasteiger partial charge is 0.233 e. The predicted molar refractivity (Wildman–Crippen MR) is 86.2 cm³/mol. The lowest BCUT2D eigenvalue weighted by molar-refractivity contribution is -0.134. The molecule has 120 valence electrons. The van der Waals surface area contributed by atoms with Gasteiger partial charge in [0.25, 0.3) is 0 Å². The number of nitrogens with zero attached hydrogens (tertiary/aromatic N) is 1. The van der Waals surface area contributed by atoms with E-state index in [4.69, 9.17) is 5.73 Å². The molecule has 5 nitrogen and oxygen atoms in total. The first-order chi connectivity index (χ1) is 10.6. The second kappa shape index (κ2) is 6.92. The normalized spacial score (nSPS) is 23.0. The molecule has 0 spiro atoms. The monoisotopic (exact) mass is 303 g/mol. The molecule has 22 heavy (non-hydrogen) atoms. The molecule has 0 aromatic heterocycles. The molecule has 1 aromatic rings. The Balaban J connectivity index is 2.21. The standard InChI is InChI=1S/C17H25N3O2/c1-3-20(4-2)16(22)17(13-8-6-5-7-9-13)10-14(17)12-19-15(21)11-18/h5-9,14H,3-4,10-12,18H2,1-2H3,(H,19,21)/t14-,17+/m0/s1. The number of carbonyl (C=O) groups excluding carboxylic acids is 2. The molecular formula is C17H25N3O2. The third-order valence-corrected chi connectivity index (χ3v) is 4.56. The molecule has 0 unspecified atom stereocenters. The topological polar surface area (TPSA) is 75.4 Å². The van der Waals surface area contributed by atoms with Gasteiger partial charge in [0.15, 0.2) is 0 Å². The fourth-order valence-corrected chi connectivity index (χ4v) is 3.15. The molecule has 1 aliphatic rings. The Hall–Kier alpha value is -1.88. The molecule has 0 bridgehead atoms. The maximum atomic E-state index is 13.0.